The van der Waals surface area contributed by atoms with Crippen LogP contribution >= 0.6 is 12.6 Å². The standard InChI is InChI=1S/C10H20OS/c12-9-5-1-4-8-11-10-6-2-3-7-10/h10,12H,1-9H2. The highest BCUT2D eigenvalue weighted by Crippen LogP contribution is 2.21. The topological polar surface area (TPSA) is 9.23 Å². The van der Waals surface area contributed by atoms with Crippen molar-refractivity contribution in [3.63, 3.8) is 0 Å². The van der Waals surface area contributed by atoms with E-state index < -0.39 is 0 Å². The Morgan fingerprint density at radius 1 is 1.08 bits per heavy atom. The molecule has 0 aromatic heterocycles. The summed E-state index contributed by atoms with van der Waals surface area (Å²) in [5.41, 5.74) is 0. The van der Waals surface area contributed by atoms with Gasteiger partial charge in [-0.05, 0) is 31.4 Å². The Bertz CT molecular complexity index is 100. The van der Waals surface area contributed by atoms with Crippen molar-refractivity contribution in [2.45, 2.75) is 51.0 Å². The van der Waals surface area contributed by atoms with Crippen LogP contribution in [0.5, 0.6) is 0 Å². The van der Waals surface area contributed by atoms with Gasteiger partial charge in [0.1, 0.15) is 0 Å². The van der Waals surface area contributed by atoms with E-state index in [1.165, 1.54) is 44.9 Å². The average molecular weight is 188 g/mol. The summed E-state index contributed by atoms with van der Waals surface area (Å²) in [5.74, 6) is 1.02. The fourth-order valence-electron chi connectivity index (χ4n) is 1.70. The Morgan fingerprint density at radius 3 is 2.50 bits per heavy atom. The highest BCUT2D eigenvalue weighted by molar-refractivity contribution is 7.80. The van der Waals surface area contributed by atoms with Crippen LogP contribution in [0.1, 0.15) is 44.9 Å². The number of rotatable bonds is 6. The average Bonchev–Trinajstić information content (AvgIpc) is 2.57. The Balaban J connectivity index is 1.81. The molecule has 12 heavy (non-hydrogen) atoms. The first-order valence-corrected chi connectivity index (χ1v) is 5.79. The van der Waals surface area contributed by atoms with E-state index in [1.54, 1.807) is 0 Å². The third-order valence-electron chi connectivity index (χ3n) is 2.46. The van der Waals surface area contributed by atoms with Crippen LogP contribution in [0.25, 0.3) is 0 Å². The largest absolute Gasteiger partial charge is 0.378 e. The van der Waals surface area contributed by atoms with E-state index in [-0.39, 0.29) is 0 Å². The minimum absolute atomic E-state index is 0.598. The van der Waals surface area contributed by atoms with Crippen LogP contribution in [0.3, 0.4) is 0 Å². The molecule has 0 amide bonds. The molecule has 0 N–H and O–H groups in total. The highest BCUT2D eigenvalue weighted by Gasteiger charge is 2.14. The Morgan fingerprint density at radius 2 is 1.83 bits per heavy atom. The predicted molar refractivity (Wildman–Crippen MR) is 55.9 cm³/mol. The second-order valence-electron chi connectivity index (χ2n) is 3.56. The second-order valence-corrected chi connectivity index (χ2v) is 4.01. The van der Waals surface area contributed by atoms with Crippen LogP contribution in [0, 0.1) is 0 Å². The van der Waals surface area contributed by atoms with E-state index in [1.807, 2.05) is 0 Å². The zero-order valence-corrected chi connectivity index (χ0v) is 8.69. The van der Waals surface area contributed by atoms with Crippen LogP contribution in [0.15, 0.2) is 0 Å². The second kappa shape index (κ2) is 6.79. The summed E-state index contributed by atoms with van der Waals surface area (Å²) >= 11 is 4.17. The van der Waals surface area contributed by atoms with Gasteiger partial charge < -0.3 is 4.74 Å². The fraction of sp³-hybridized carbons (Fsp3) is 1.00. The van der Waals surface area contributed by atoms with Crippen molar-refractivity contribution in [3.05, 3.63) is 0 Å². The number of unbranched alkanes of at least 4 members (excludes halogenated alkanes) is 2. The van der Waals surface area contributed by atoms with E-state index in [9.17, 15) is 0 Å². The summed E-state index contributed by atoms with van der Waals surface area (Å²) in [5, 5.41) is 0. The SMILES string of the molecule is SCCCCCOC1CCCC1. The first-order valence-electron chi connectivity index (χ1n) is 5.16. The van der Waals surface area contributed by atoms with Gasteiger partial charge in [0.25, 0.3) is 0 Å². The van der Waals surface area contributed by atoms with Gasteiger partial charge in [0.2, 0.25) is 0 Å². The monoisotopic (exact) mass is 188 g/mol. The quantitative estimate of drug-likeness (QED) is 0.498. The van der Waals surface area contributed by atoms with Gasteiger partial charge in [0.15, 0.2) is 0 Å². The molecule has 0 heterocycles. The summed E-state index contributed by atoms with van der Waals surface area (Å²) < 4.78 is 5.72. The molecule has 2 heteroatoms. The summed E-state index contributed by atoms with van der Waals surface area (Å²) in [4.78, 5) is 0. The van der Waals surface area contributed by atoms with Crippen molar-refractivity contribution in [3.8, 4) is 0 Å². The number of thiol groups is 1. The molecule has 0 aromatic carbocycles. The van der Waals surface area contributed by atoms with E-state index in [4.69, 9.17) is 4.74 Å². The van der Waals surface area contributed by atoms with E-state index in [0.717, 1.165) is 12.4 Å². The summed E-state index contributed by atoms with van der Waals surface area (Å²) in [7, 11) is 0. The van der Waals surface area contributed by atoms with Crippen molar-refractivity contribution in [2.75, 3.05) is 12.4 Å². The van der Waals surface area contributed by atoms with Crippen LogP contribution in [-0.4, -0.2) is 18.5 Å². The lowest BCUT2D eigenvalue weighted by atomic mass is 10.2. The molecular formula is C10H20OS. The van der Waals surface area contributed by atoms with Crippen molar-refractivity contribution in [1.82, 2.24) is 0 Å². The highest BCUT2D eigenvalue weighted by atomic mass is 32.1. The molecule has 72 valence electrons. The molecule has 0 unspecified atom stereocenters. The lowest BCUT2D eigenvalue weighted by molar-refractivity contribution is 0.0559. The minimum atomic E-state index is 0.598. The van der Waals surface area contributed by atoms with Gasteiger partial charge in [-0.3, -0.25) is 0 Å². The Kier molecular flexibility index (Phi) is 5.88. The summed E-state index contributed by atoms with van der Waals surface area (Å²) in [6, 6.07) is 0. The Labute approximate surface area is 81.3 Å². The van der Waals surface area contributed by atoms with Gasteiger partial charge in [-0.1, -0.05) is 19.3 Å². The molecule has 0 aliphatic heterocycles. The molecule has 0 spiro atoms. The number of ether oxygens (including phenoxy) is 1. The van der Waals surface area contributed by atoms with Gasteiger partial charge in [-0.25, -0.2) is 0 Å². The van der Waals surface area contributed by atoms with Crippen LogP contribution < -0.4 is 0 Å². The third kappa shape index (κ3) is 4.36. The number of hydrogen-bond donors (Lipinski definition) is 1. The summed E-state index contributed by atoms with van der Waals surface area (Å²) in [6.07, 6.45) is 9.67. The maximum Gasteiger partial charge on any atom is 0.0575 e. The normalized spacial score (nSPS) is 18.8. The molecule has 1 saturated carbocycles. The van der Waals surface area contributed by atoms with E-state index in [0.29, 0.717) is 6.10 Å². The summed E-state index contributed by atoms with van der Waals surface area (Å²) in [6.45, 7) is 0.971. The maximum absolute atomic E-state index is 5.72. The van der Waals surface area contributed by atoms with Crippen molar-refractivity contribution in [2.24, 2.45) is 0 Å². The minimum Gasteiger partial charge on any atom is -0.378 e. The molecule has 1 rings (SSSR count). The van der Waals surface area contributed by atoms with Crippen LogP contribution in [-0.2, 0) is 4.74 Å². The van der Waals surface area contributed by atoms with Crippen molar-refractivity contribution >= 4 is 12.6 Å². The smallest absolute Gasteiger partial charge is 0.0575 e. The fourth-order valence-corrected chi connectivity index (χ4v) is 1.92. The third-order valence-corrected chi connectivity index (χ3v) is 2.77. The lowest BCUT2D eigenvalue weighted by Crippen LogP contribution is -2.08. The first kappa shape index (κ1) is 10.4. The molecule has 0 bridgehead atoms. The zero-order valence-electron chi connectivity index (χ0n) is 7.80. The van der Waals surface area contributed by atoms with Gasteiger partial charge >= 0.3 is 0 Å². The lowest BCUT2D eigenvalue weighted by Gasteiger charge is -2.09. The molecule has 0 aromatic rings. The van der Waals surface area contributed by atoms with Crippen molar-refractivity contribution in [1.29, 1.82) is 0 Å². The molecule has 0 radical (unpaired) electrons. The molecule has 1 nitrogen and oxygen atoms in total. The molecule has 1 fully saturated rings. The predicted octanol–water partition coefficient (Wildman–Crippen LogP) is 3.05. The molecule has 1 aliphatic carbocycles. The number of hydrogen-bond acceptors (Lipinski definition) is 2. The first-order chi connectivity index (χ1) is 5.93. The molecule has 0 saturated heterocycles. The maximum atomic E-state index is 5.72. The van der Waals surface area contributed by atoms with E-state index in [2.05, 4.69) is 12.6 Å². The molecule has 0 atom stereocenters. The Hall–Kier alpha value is 0.310. The van der Waals surface area contributed by atoms with Crippen LogP contribution in [0.4, 0.5) is 0 Å². The van der Waals surface area contributed by atoms with Gasteiger partial charge in [-0.15, -0.1) is 0 Å². The van der Waals surface area contributed by atoms with Gasteiger partial charge in [0, 0.05) is 6.61 Å². The van der Waals surface area contributed by atoms with Crippen LogP contribution in [0.2, 0.25) is 0 Å². The molecular weight excluding hydrogens is 168 g/mol. The molecule has 1 aliphatic rings. The van der Waals surface area contributed by atoms with E-state index >= 15 is 0 Å². The zero-order chi connectivity index (χ0) is 8.65. The van der Waals surface area contributed by atoms with Gasteiger partial charge in [-0.2, -0.15) is 12.6 Å². The van der Waals surface area contributed by atoms with Gasteiger partial charge in [0.05, 0.1) is 6.10 Å². The van der Waals surface area contributed by atoms with Crippen molar-refractivity contribution < 1.29 is 4.74 Å².